The summed E-state index contributed by atoms with van der Waals surface area (Å²) in [5.41, 5.74) is 0. The number of hydrogen-bond acceptors (Lipinski definition) is 5. The molecule has 0 radical (unpaired) electrons. The van der Waals surface area contributed by atoms with Crippen LogP contribution in [0.25, 0.3) is 0 Å². The molecule has 1 aliphatic carbocycles. The molecular weight excluding hydrogens is 256 g/mol. The zero-order chi connectivity index (χ0) is 14.4. The maximum Gasteiger partial charge on any atom is 0.237 e. The molecule has 0 bridgehead atoms. The monoisotopic (exact) mass is 280 g/mol. The maximum absolute atomic E-state index is 12.0. The van der Waals surface area contributed by atoms with Gasteiger partial charge in [0.25, 0.3) is 0 Å². The van der Waals surface area contributed by atoms with Gasteiger partial charge < -0.3 is 15.2 Å². The van der Waals surface area contributed by atoms with E-state index in [0.29, 0.717) is 30.7 Å². The summed E-state index contributed by atoms with van der Waals surface area (Å²) in [5, 5.41) is 10.0. The average molecular weight is 280 g/mol. The molecule has 6 heteroatoms. The third-order valence-corrected chi connectivity index (χ3v) is 3.70. The molecule has 1 aliphatic rings. The highest BCUT2D eigenvalue weighted by Crippen LogP contribution is 2.17. The summed E-state index contributed by atoms with van der Waals surface area (Å²) < 4.78 is 5.03. The van der Waals surface area contributed by atoms with Crippen LogP contribution >= 0.6 is 0 Å². The van der Waals surface area contributed by atoms with Crippen molar-refractivity contribution in [2.75, 3.05) is 6.54 Å². The molecule has 1 amide bonds. The SMILES string of the molecule is Cc1noc(CCNC(C)C(=O)NC2CCCCC2)n1. The van der Waals surface area contributed by atoms with Gasteiger partial charge in [0.15, 0.2) is 5.82 Å². The van der Waals surface area contributed by atoms with Gasteiger partial charge in [0.1, 0.15) is 0 Å². The summed E-state index contributed by atoms with van der Waals surface area (Å²) in [4.78, 5) is 16.2. The van der Waals surface area contributed by atoms with E-state index in [4.69, 9.17) is 4.52 Å². The van der Waals surface area contributed by atoms with Gasteiger partial charge in [-0.3, -0.25) is 4.79 Å². The Hall–Kier alpha value is -1.43. The third kappa shape index (κ3) is 4.59. The van der Waals surface area contributed by atoms with Gasteiger partial charge in [0.2, 0.25) is 11.8 Å². The highest BCUT2D eigenvalue weighted by atomic mass is 16.5. The van der Waals surface area contributed by atoms with Gasteiger partial charge in [-0.15, -0.1) is 0 Å². The number of aryl methyl sites for hydroxylation is 1. The number of amides is 1. The standard InChI is InChI=1S/C14H24N4O2/c1-10(14(19)17-12-6-4-3-5-7-12)15-9-8-13-16-11(2)18-20-13/h10,12,15H,3-9H2,1-2H3,(H,17,19). The highest BCUT2D eigenvalue weighted by Gasteiger charge is 2.19. The smallest absolute Gasteiger partial charge is 0.237 e. The van der Waals surface area contributed by atoms with Crippen molar-refractivity contribution in [3.63, 3.8) is 0 Å². The fourth-order valence-electron chi connectivity index (χ4n) is 2.50. The topological polar surface area (TPSA) is 80.0 Å². The second kappa shape index (κ2) is 7.38. The normalized spacial score (nSPS) is 17.9. The first-order valence-corrected chi connectivity index (χ1v) is 7.48. The molecule has 1 aromatic heterocycles. The Kier molecular flexibility index (Phi) is 5.52. The average Bonchev–Trinajstić information content (AvgIpc) is 2.85. The van der Waals surface area contributed by atoms with E-state index >= 15 is 0 Å². The van der Waals surface area contributed by atoms with E-state index in [1.807, 2.05) is 6.92 Å². The van der Waals surface area contributed by atoms with Crippen LogP contribution in [0, 0.1) is 6.92 Å². The summed E-state index contributed by atoms with van der Waals surface area (Å²) >= 11 is 0. The summed E-state index contributed by atoms with van der Waals surface area (Å²) in [6, 6.07) is 0.167. The molecule has 6 nitrogen and oxygen atoms in total. The molecule has 20 heavy (non-hydrogen) atoms. The van der Waals surface area contributed by atoms with Crippen LogP contribution < -0.4 is 10.6 Å². The molecule has 2 rings (SSSR count). The minimum Gasteiger partial charge on any atom is -0.352 e. The first-order chi connectivity index (χ1) is 9.65. The Morgan fingerprint density at radius 1 is 1.40 bits per heavy atom. The predicted octanol–water partition coefficient (Wildman–Crippen LogP) is 1.35. The van der Waals surface area contributed by atoms with Gasteiger partial charge in [-0.25, -0.2) is 0 Å². The summed E-state index contributed by atoms with van der Waals surface area (Å²) in [5.74, 6) is 1.33. The molecule has 1 atom stereocenters. The first-order valence-electron chi connectivity index (χ1n) is 7.48. The zero-order valence-corrected chi connectivity index (χ0v) is 12.3. The van der Waals surface area contributed by atoms with E-state index in [2.05, 4.69) is 20.8 Å². The Bertz CT molecular complexity index is 427. The van der Waals surface area contributed by atoms with Crippen LogP contribution in [0.15, 0.2) is 4.52 Å². The Morgan fingerprint density at radius 3 is 2.80 bits per heavy atom. The number of carbonyl (C=O) groups excluding carboxylic acids is 1. The van der Waals surface area contributed by atoms with Crippen LogP contribution in [-0.4, -0.2) is 34.7 Å². The molecule has 1 unspecified atom stereocenters. The number of aromatic nitrogens is 2. The molecular formula is C14H24N4O2. The van der Waals surface area contributed by atoms with Gasteiger partial charge in [0, 0.05) is 19.0 Å². The number of hydrogen-bond donors (Lipinski definition) is 2. The molecule has 0 spiro atoms. The molecule has 1 heterocycles. The van der Waals surface area contributed by atoms with Gasteiger partial charge in [-0.05, 0) is 26.7 Å². The van der Waals surface area contributed by atoms with Crippen LogP contribution in [0.5, 0.6) is 0 Å². The van der Waals surface area contributed by atoms with E-state index < -0.39 is 0 Å². The number of rotatable bonds is 6. The number of carbonyl (C=O) groups is 1. The van der Waals surface area contributed by atoms with E-state index in [1.165, 1.54) is 19.3 Å². The van der Waals surface area contributed by atoms with E-state index in [-0.39, 0.29) is 11.9 Å². The summed E-state index contributed by atoms with van der Waals surface area (Å²) in [6.07, 6.45) is 6.61. The van der Waals surface area contributed by atoms with E-state index in [9.17, 15) is 4.79 Å². The summed E-state index contributed by atoms with van der Waals surface area (Å²) in [6.45, 7) is 4.33. The number of nitrogens with zero attached hydrogens (tertiary/aromatic N) is 2. The first kappa shape index (κ1) is 15.0. The van der Waals surface area contributed by atoms with Crippen LogP contribution in [0.4, 0.5) is 0 Å². The van der Waals surface area contributed by atoms with Crippen LogP contribution in [0.1, 0.15) is 50.7 Å². The second-order valence-electron chi connectivity index (χ2n) is 5.50. The highest BCUT2D eigenvalue weighted by molar-refractivity contribution is 5.81. The lowest BCUT2D eigenvalue weighted by atomic mass is 9.95. The fourth-order valence-corrected chi connectivity index (χ4v) is 2.50. The quantitative estimate of drug-likeness (QED) is 0.822. The molecule has 0 aromatic carbocycles. The van der Waals surface area contributed by atoms with Gasteiger partial charge >= 0.3 is 0 Å². The lowest BCUT2D eigenvalue weighted by molar-refractivity contribution is -0.123. The van der Waals surface area contributed by atoms with Crippen molar-refractivity contribution < 1.29 is 9.32 Å². The zero-order valence-electron chi connectivity index (χ0n) is 12.3. The van der Waals surface area contributed by atoms with Crippen LogP contribution in [0.3, 0.4) is 0 Å². The summed E-state index contributed by atoms with van der Waals surface area (Å²) in [7, 11) is 0. The van der Waals surface area contributed by atoms with Gasteiger partial charge in [0.05, 0.1) is 6.04 Å². The van der Waals surface area contributed by atoms with Crippen molar-refractivity contribution >= 4 is 5.91 Å². The van der Waals surface area contributed by atoms with Crippen molar-refractivity contribution in [2.24, 2.45) is 0 Å². The molecule has 1 fully saturated rings. The molecule has 1 saturated carbocycles. The van der Waals surface area contributed by atoms with Crippen LogP contribution in [0.2, 0.25) is 0 Å². The molecule has 112 valence electrons. The van der Waals surface area contributed by atoms with Crippen molar-refractivity contribution in [1.82, 2.24) is 20.8 Å². The Labute approximate surface area is 119 Å². The molecule has 0 saturated heterocycles. The minimum absolute atomic E-state index is 0.0820. The fraction of sp³-hybridized carbons (Fsp3) is 0.786. The van der Waals surface area contributed by atoms with E-state index in [1.54, 1.807) is 6.92 Å². The number of nitrogens with one attached hydrogen (secondary N) is 2. The lowest BCUT2D eigenvalue weighted by Gasteiger charge is -2.24. The second-order valence-corrected chi connectivity index (χ2v) is 5.50. The molecule has 2 N–H and O–H groups in total. The van der Waals surface area contributed by atoms with Crippen molar-refractivity contribution in [3.05, 3.63) is 11.7 Å². The van der Waals surface area contributed by atoms with Crippen molar-refractivity contribution in [3.8, 4) is 0 Å². The Morgan fingerprint density at radius 2 is 2.15 bits per heavy atom. The van der Waals surface area contributed by atoms with Gasteiger partial charge in [-0.1, -0.05) is 24.4 Å². The lowest BCUT2D eigenvalue weighted by Crippen LogP contribution is -2.47. The minimum atomic E-state index is -0.194. The molecule has 1 aromatic rings. The van der Waals surface area contributed by atoms with E-state index in [0.717, 1.165) is 12.8 Å². The Balaban J connectivity index is 1.65. The van der Waals surface area contributed by atoms with Gasteiger partial charge in [-0.2, -0.15) is 4.98 Å². The van der Waals surface area contributed by atoms with Crippen molar-refractivity contribution in [1.29, 1.82) is 0 Å². The molecule has 0 aliphatic heterocycles. The predicted molar refractivity (Wildman–Crippen MR) is 75.2 cm³/mol. The van der Waals surface area contributed by atoms with Crippen molar-refractivity contribution in [2.45, 2.75) is 64.5 Å². The third-order valence-electron chi connectivity index (χ3n) is 3.70. The largest absolute Gasteiger partial charge is 0.352 e. The van der Waals surface area contributed by atoms with Crippen LogP contribution in [-0.2, 0) is 11.2 Å². The maximum atomic E-state index is 12.0.